The number of hydrogen-bond donors (Lipinski definition) is 1. The number of nitrogens with zero attached hydrogens (tertiary/aromatic N) is 3. The molecule has 3 aliphatic rings. The predicted octanol–water partition coefficient (Wildman–Crippen LogP) is -0.979. The summed E-state index contributed by atoms with van der Waals surface area (Å²) >= 11 is 0. The van der Waals surface area contributed by atoms with Gasteiger partial charge in [0.1, 0.15) is 6.61 Å². The van der Waals surface area contributed by atoms with E-state index in [9.17, 15) is 14.7 Å². The van der Waals surface area contributed by atoms with Crippen LogP contribution in [0.5, 0.6) is 0 Å². The van der Waals surface area contributed by atoms with E-state index in [1.54, 1.807) is 7.11 Å². The van der Waals surface area contributed by atoms with Crippen LogP contribution in [0.3, 0.4) is 0 Å². The smallest absolute Gasteiger partial charge is 0.248 e. The van der Waals surface area contributed by atoms with Crippen molar-refractivity contribution in [2.24, 2.45) is 11.3 Å². The van der Waals surface area contributed by atoms with Crippen molar-refractivity contribution in [1.29, 1.82) is 0 Å². The van der Waals surface area contributed by atoms with Crippen LogP contribution in [-0.4, -0.2) is 111 Å². The molecule has 2 heterocycles. The van der Waals surface area contributed by atoms with Crippen LogP contribution in [0.4, 0.5) is 0 Å². The first-order chi connectivity index (χ1) is 12.4. The maximum absolute atomic E-state index is 12.8. The van der Waals surface area contributed by atoms with Gasteiger partial charge in [-0.2, -0.15) is 0 Å². The number of carbonyl (C=O) groups is 2. The van der Waals surface area contributed by atoms with Crippen LogP contribution in [0.15, 0.2) is 0 Å². The molecule has 1 spiro atoms. The number of likely N-dealkylation sites (N-methyl/N-ethyl adjacent to an activating group) is 1. The SMILES string of the molecule is COCCN1C[C@]2(COCC1=O)CN(C(=O)C1CC(O)C1)C[C@H]2N(C)C. The molecule has 8 nitrogen and oxygen atoms in total. The van der Waals surface area contributed by atoms with Gasteiger partial charge in [-0.15, -0.1) is 0 Å². The zero-order valence-electron chi connectivity index (χ0n) is 16.0. The highest BCUT2D eigenvalue weighted by Crippen LogP contribution is 2.39. The summed E-state index contributed by atoms with van der Waals surface area (Å²) in [6.07, 6.45) is 0.780. The van der Waals surface area contributed by atoms with Gasteiger partial charge in [-0.3, -0.25) is 9.59 Å². The van der Waals surface area contributed by atoms with Gasteiger partial charge in [-0.25, -0.2) is 0 Å². The largest absolute Gasteiger partial charge is 0.393 e. The molecule has 8 heteroatoms. The second-order valence-electron chi connectivity index (χ2n) is 8.18. The van der Waals surface area contributed by atoms with E-state index >= 15 is 0 Å². The van der Waals surface area contributed by atoms with Gasteiger partial charge in [0.15, 0.2) is 0 Å². The van der Waals surface area contributed by atoms with Gasteiger partial charge in [-0.1, -0.05) is 0 Å². The standard InChI is InChI=1S/C18H31N3O5/c1-19(2)15-8-21(17(24)13-6-14(22)7-13)11-18(15)10-20(4-5-25-3)16(23)9-26-12-18/h13-15,22H,4-12H2,1-3H3/t13?,14?,15-,18-/m1/s1. The van der Waals surface area contributed by atoms with Crippen molar-refractivity contribution < 1.29 is 24.2 Å². The molecule has 148 valence electrons. The molecule has 0 aromatic carbocycles. The van der Waals surface area contributed by atoms with E-state index in [1.807, 2.05) is 23.9 Å². The fourth-order valence-corrected chi connectivity index (χ4v) is 4.53. The summed E-state index contributed by atoms with van der Waals surface area (Å²) in [6, 6.07) is 0.118. The third kappa shape index (κ3) is 3.74. The molecule has 3 rings (SSSR count). The molecule has 0 unspecified atom stereocenters. The Labute approximate surface area is 155 Å². The normalized spacial score (nSPS) is 35.1. The quantitative estimate of drug-likeness (QED) is 0.671. The number of aliphatic hydroxyl groups is 1. The monoisotopic (exact) mass is 369 g/mol. The third-order valence-electron chi connectivity index (χ3n) is 6.04. The molecule has 3 fully saturated rings. The van der Waals surface area contributed by atoms with Gasteiger partial charge in [0.25, 0.3) is 0 Å². The van der Waals surface area contributed by atoms with Crippen LogP contribution in [0, 0.1) is 11.3 Å². The summed E-state index contributed by atoms with van der Waals surface area (Å²) in [5.41, 5.74) is -0.304. The van der Waals surface area contributed by atoms with Crippen molar-refractivity contribution in [2.45, 2.75) is 25.0 Å². The van der Waals surface area contributed by atoms with Crippen molar-refractivity contribution in [3.05, 3.63) is 0 Å². The molecule has 0 aromatic heterocycles. The zero-order chi connectivity index (χ0) is 18.9. The van der Waals surface area contributed by atoms with E-state index < -0.39 is 0 Å². The van der Waals surface area contributed by atoms with Crippen molar-refractivity contribution >= 4 is 11.8 Å². The Hall–Kier alpha value is -1.22. The number of carbonyl (C=O) groups excluding carboxylic acids is 2. The second kappa shape index (κ2) is 7.80. The maximum Gasteiger partial charge on any atom is 0.248 e. The van der Waals surface area contributed by atoms with Gasteiger partial charge in [0.05, 0.1) is 19.3 Å². The molecular formula is C18H31N3O5. The average Bonchev–Trinajstić information content (AvgIpc) is 2.86. The topological polar surface area (TPSA) is 82.5 Å². The van der Waals surface area contributed by atoms with Crippen molar-refractivity contribution in [1.82, 2.24) is 14.7 Å². The summed E-state index contributed by atoms with van der Waals surface area (Å²) < 4.78 is 10.9. The Morgan fingerprint density at radius 1 is 1.38 bits per heavy atom. The maximum atomic E-state index is 12.8. The lowest BCUT2D eigenvalue weighted by molar-refractivity contribution is -0.141. The number of methoxy groups -OCH3 is 1. The Bertz CT molecular complexity index is 537. The Kier molecular flexibility index (Phi) is 5.86. The van der Waals surface area contributed by atoms with Gasteiger partial charge >= 0.3 is 0 Å². The summed E-state index contributed by atoms with van der Waals surface area (Å²) in [6.45, 7) is 3.33. The first-order valence-corrected chi connectivity index (χ1v) is 9.34. The molecule has 1 N–H and O–H groups in total. The summed E-state index contributed by atoms with van der Waals surface area (Å²) in [4.78, 5) is 31.1. The molecule has 0 radical (unpaired) electrons. The molecule has 2 saturated heterocycles. The van der Waals surface area contributed by atoms with E-state index in [1.165, 1.54) is 0 Å². The average molecular weight is 369 g/mol. The van der Waals surface area contributed by atoms with Crippen LogP contribution in [-0.2, 0) is 19.1 Å². The minimum absolute atomic E-state index is 0.0247. The van der Waals surface area contributed by atoms with Crippen LogP contribution >= 0.6 is 0 Å². The summed E-state index contributed by atoms with van der Waals surface area (Å²) in [5.74, 6) is 0.0299. The number of ether oxygens (including phenoxy) is 2. The molecule has 1 saturated carbocycles. The lowest BCUT2D eigenvalue weighted by Gasteiger charge is -2.39. The van der Waals surface area contributed by atoms with Crippen molar-refractivity contribution in [2.75, 3.05) is 67.2 Å². The van der Waals surface area contributed by atoms with E-state index in [0.29, 0.717) is 52.2 Å². The van der Waals surface area contributed by atoms with E-state index in [2.05, 4.69) is 4.90 Å². The Balaban J connectivity index is 1.77. The third-order valence-corrected chi connectivity index (χ3v) is 6.04. The number of hydrogen-bond acceptors (Lipinski definition) is 6. The summed E-state index contributed by atoms with van der Waals surface area (Å²) in [7, 11) is 5.65. The zero-order valence-corrected chi connectivity index (χ0v) is 16.0. The number of amides is 2. The van der Waals surface area contributed by atoms with E-state index in [0.717, 1.165) is 0 Å². The minimum Gasteiger partial charge on any atom is -0.393 e. The second-order valence-corrected chi connectivity index (χ2v) is 8.18. The molecule has 2 aliphatic heterocycles. The van der Waals surface area contributed by atoms with Gasteiger partial charge in [-0.05, 0) is 26.9 Å². The lowest BCUT2D eigenvalue weighted by Crippen LogP contribution is -2.52. The van der Waals surface area contributed by atoms with Crippen LogP contribution in [0.1, 0.15) is 12.8 Å². The van der Waals surface area contributed by atoms with Crippen molar-refractivity contribution in [3.8, 4) is 0 Å². The molecule has 1 aliphatic carbocycles. The first kappa shape index (κ1) is 19.5. The van der Waals surface area contributed by atoms with Gasteiger partial charge < -0.3 is 29.3 Å². The van der Waals surface area contributed by atoms with Crippen LogP contribution in [0.2, 0.25) is 0 Å². The van der Waals surface area contributed by atoms with Crippen molar-refractivity contribution in [3.63, 3.8) is 0 Å². The van der Waals surface area contributed by atoms with Gasteiger partial charge in [0.2, 0.25) is 11.8 Å². The number of aliphatic hydroxyl groups excluding tert-OH is 1. The first-order valence-electron chi connectivity index (χ1n) is 9.34. The predicted molar refractivity (Wildman–Crippen MR) is 94.5 cm³/mol. The molecular weight excluding hydrogens is 338 g/mol. The summed E-state index contributed by atoms with van der Waals surface area (Å²) in [5, 5.41) is 9.52. The molecule has 2 atom stereocenters. The van der Waals surface area contributed by atoms with E-state index in [4.69, 9.17) is 9.47 Å². The van der Waals surface area contributed by atoms with Crippen LogP contribution in [0.25, 0.3) is 0 Å². The number of likely N-dealkylation sites (tertiary alicyclic amines) is 1. The molecule has 0 aromatic rings. The fourth-order valence-electron chi connectivity index (χ4n) is 4.53. The number of rotatable bonds is 5. The minimum atomic E-state index is -0.339. The molecule has 26 heavy (non-hydrogen) atoms. The highest BCUT2D eigenvalue weighted by molar-refractivity contribution is 5.80. The fraction of sp³-hybridized carbons (Fsp3) is 0.889. The van der Waals surface area contributed by atoms with E-state index in [-0.39, 0.29) is 41.9 Å². The molecule has 2 amide bonds. The Morgan fingerprint density at radius 2 is 2.12 bits per heavy atom. The molecule has 0 bridgehead atoms. The lowest BCUT2D eigenvalue weighted by atomic mass is 9.81. The van der Waals surface area contributed by atoms with Gasteiger partial charge in [0, 0.05) is 50.7 Å². The Morgan fingerprint density at radius 3 is 2.73 bits per heavy atom. The highest BCUT2D eigenvalue weighted by Gasteiger charge is 2.53. The van der Waals surface area contributed by atoms with Crippen LogP contribution < -0.4 is 0 Å². The highest BCUT2D eigenvalue weighted by atomic mass is 16.5.